The molecule has 4 heteroatoms. The Kier molecular flexibility index (Phi) is 2.68. The zero-order valence-electron chi connectivity index (χ0n) is 7.28. The lowest BCUT2D eigenvalue weighted by molar-refractivity contribution is -0.0467. The molecular weight excluding hydrogens is 164 g/mol. The summed E-state index contributed by atoms with van der Waals surface area (Å²) >= 11 is 0. The van der Waals surface area contributed by atoms with Crippen molar-refractivity contribution in [3.63, 3.8) is 0 Å². The molecule has 1 aliphatic rings. The van der Waals surface area contributed by atoms with Crippen LogP contribution < -0.4 is 5.73 Å². The SMILES string of the molecule is CC(F)(F)CC1(N)CCCOC1. The lowest BCUT2D eigenvalue weighted by Crippen LogP contribution is -2.50. The van der Waals surface area contributed by atoms with Crippen LogP contribution in [0.3, 0.4) is 0 Å². The van der Waals surface area contributed by atoms with E-state index in [0.29, 0.717) is 13.0 Å². The van der Waals surface area contributed by atoms with Crippen LogP contribution in [0.4, 0.5) is 8.78 Å². The van der Waals surface area contributed by atoms with Crippen LogP contribution in [0.5, 0.6) is 0 Å². The highest BCUT2D eigenvalue weighted by atomic mass is 19.3. The molecule has 12 heavy (non-hydrogen) atoms. The summed E-state index contributed by atoms with van der Waals surface area (Å²) in [5, 5.41) is 0. The summed E-state index contributed by atoms with van der Waals surface area (Å²) in [7, 11) is 0. The van der Waals surface area contributed by atoms with Gasteiger partial charge in [-0.25, -0.2) is 8.78 Å². The third-order valence-corrected chi connectivity index (χ3v) is 2.02. The first kappa shape index (κ1) is 9.86. The molecule has 0 bridgehead atoms. The van der Waals surface area contributed by atoms with Crippen molar-refractivity contribution in [1.82, 2.24) is 0 Å². The smallest absolute Gasteiger partial charge is 0.247 e. The highest BCUT2D eigenvalue weighted by Gasteiger charge is 2.37. The molecule has 1 unspecified atom stereocenters. The fourth-order valence-corrected chi connectivity index (χ4v) is 1.63. The highest BCUT2D eigenvalue weighted by molar-refractivity contribution is 4.89. The summed E-state index contributed by atoms with van der Waals surface area (Å²) in [5.74, 6) is -2.69. The lowest BCUT2D eigenvalue weighted by Gasteiger charge is -2.34. The highest BCUT2D eigenvalue weighted by Crippen LogP contribution is 2.29. The van der Waals surface area contributed by atoms with Crippen LogP contribution in [0.1, 0.15) is 26.2 Å². The average molecular weight is 179 g/mol. The average Bonchev–Trinajstić information content (AvgIpc) is 1.83. The van der Waals surface area contributed by atoms with E-state index in [0.717, 1.165) is 13.3 Å². The van der Waals surface area contributed by atoms with E-state index in [1.54, 1.807) is 0 Å². The van der Waals surface area contributed by atoms with Gasteiger partial charge in [0, 0.05) is 18.6 Å². The Morgan fingerprint density at radius 1 is 1.58 bits per heavy atom. The van der Waals surface area contributed by atoms with Gasteiger partial charge < -0.3 is 10.5 Å². The van der Waals surface area contributed by atoms with Crippen molar-refractivity contribution in [2.24, 2.45) is 5.73 Å². The second-order valence-electron chi connectivity index (χ2n) is 3.77. The summed E-state index contributed by atoms with van der Waals surface area (Å²) in [6.07, 6.45) is 1.14. The first-order chi connectivity index (χ1) is 5.41. The Bertz CT molecular complexity index is 150. The van der Waals surface area contributed by atoms with Gasteiger partial charge in [-0.1, -0.05) is 0 Å². The van der Waals surface area contributed by atoms with Gasteiger partial charge in [0.1, 0.15) is 0 Å². The van der Waals surface area contributed by atoms with E-state index in [1.807, 2.05) is 0 Å². The number of alkyl halides is 2. The van der Waals surface area contributed by atoms with Crippen molar-refractivity contribution in [3.05, 3.63) is 0 Å². The van der Waals surface area contributed by atoms with Gasteiger partial charge in [0.2, 0.25) is 5.92 Å². The van der Waals surface area contributed by atoms with Crippen LogP contribution in [0.2, 0.25) is 0 Å². The zero-order valence-corrected chi connectivity index (χ0v) is 7.28. The summed E-state index contributed by atoms with van der Waals surface area (Å²) in [5.41, 5.74) is 4.93. The van der Waals surface area contributed by atoms with E-state index in [-0.39, 0.29) is 13.0 Å². The molecule has 1 saturated heterocycles. The fourth-order valence-electron chi connectivity index (χ4n) is 1.63. The Hall–Kier alpha value is -0.220. The minimum atomic E-state index is -2.69. The van der Waals surface area contributed by atoms with Gasteiger partial charge in [0.15, 0.2) is 0 Å². The molecule has 0 radical (unpaired) electrons. The second-order valence-corrected chi connectivity index (χ2v) is 3.77. The Labute approximate surface area is 71.1 Å². The molecule has 1 aliphatic heterocycles. The number of nitrogens with two attached hydrogens (primary N) is 1. The molecule has 1 rings (SSSR count). The molecule has 0 saturated carbocycles. The van der Waals surface area contributed by atoms with Crippen LogP contribution in [0.25, 0.3) is 0 Å². The third kappa shape index (κ3) is 3.03. The molecule has 2 nitrogen and oxygen atoms in total. The first-order valence-electron chi connectivity index (χ1n) is 4.16. The number of rotatable bonds is 2. The summed E-state index contributed by atoms with van der Waals surface area (Å²) in [4.78, 5) is 0. The van der Waals surface area contributed by atoms with Crippen LogP contribution in [-0.4, -0.2) is 24.7 Å². The van der Waals surface area contributed by atoms with Crippen LogP contribution in [0, 0.1) is 0 Å². The predicted octanol–water partition coefficient (Wildman–Crippen LogP) is 1.54. The van der Waals surface area contributed by atoms with Gasteiger partial charge in [-0.15, -0.1) is 0 Å². The molecule has 1 atom stereocenters. The first-order valence-corrected chi connectivity index (χ1v) is 4.16. The molecule has 0 amide bonds. The molecule has 0 aliphatic carbocycles. The molecule has 0 aromatic rings. The largest absolute Gasteiger partial charge is 0.380 e. The second kappa shape index (κ2) is 3.26. The summed E-state index contributed by atoms with van der Waals surface area (Å²) in [6.45, 7) is 1.81. The molecule has 1 heterocycles. The van der Waals surface area contributed by atoms with Gasteiger partial charge >= 0.3 is 0 Å². The van der Waals surface area contributed by atoms with Crippen LogP contribution in [0.15, 0.2) is 0 Å². The van der Waals surface area contributed by atoms with Gasteiger partial charge in [-0.05, 0) is 19.8 Å². The van der Waals surface area contributed by atoms with Crippen molar-refractivity contribution in [1.29, 1.82) is 0 Å². The van der Waals surface area contributed by atoms with Crippen molar-refractivity contribution in [3.8, 4) is 0 Å². The summed E-state index contributed by atoms with van der Waals surface area (Å²) in [6, 6.07) is 0. The number of hydrogen-bond acceptors (Lipinski definition) is 2. The number of hydrogen-bond donors (Lipinski definition) is 1. The van der Waals surface area contributed by atoms with Crippen molar-refractivity contribution in [2.75, 3.05) is 13.2 Å². The Morgan fingerprint density at radius 3 is 2.67 bits per heavy atom. The van der Waals surface area contributed by atoms with Crippen molar-refractivity contribution < 1.29 is 13.5 Å². The van der Waals surface area contributed by atoms with Crippen LogP contribution in [-0.2, 0) is 4.74 Å². The summed E-state index contributed by atoms with van der Waals surface area (Å²) < 4.78 is 30.3. The maximum absolute atomic E-state index is 12.6. The molecule has 1 fully saturated rings. The minimum Gasteiger partial charge on any atom is -0.380 e. The normalized spacial score (nSPS) is 32.0. The monoisotopic (exact) mass is 179 g/mol. The maximum atomic E-state index is 12.6. The van der Waals surface area contributed by atoms with E-state index in [9.17, 15) is 8.78 Å². The Balaban J connectivity index is 2.47. The van der Waals surface area contributed by atoms with E-state index in [2.05, 4.69) is 0 Å². The molecule has 72 valence electrons. The quantitative estimate of drug-likeness (QED) is 0.697. The van der Waals surface area contributed by atoms with E-state index < -0.39 is 11.5 Å². The van der Waals surface area contributed by atoms with Crippen LogP contribution >= 0.6 is 0 Å². The molecule has 2 N–H and O–H groups in total. The number of halogens is 2. The minimum absolute atomic E-state index is 0.260. The molecule has 0 aromatic heterocycles. The van der Waals surface area contributed by atoms with E-state index in [4.69, 9.17) is 10.5 Å². The van der Waals surface area contributed by atoms with Gasteiger partial charge in [-0.2, -0.15) is 0 Å². The zero-order chi connectivity index (χ0) is 9.24. The van der Waals surface area contributed by atoms with E-state index >= 15 is 0 Å². The van der Waals surface area contributed by atoms with E-state index in [1.165, 1.54) is 0 Å². The maximum Gasteiger partial charge on any atom is 0.247 e. The fraction of sp³-hybridized carbons (Fsp3) is 1.00. The number of ether oxygens (including phenoxy) is 1. The van der Waals surface area contributed by atoms with Gasteiger partial charge in [-0.3, -0.25) is 0 Å². The standard InChI is InChI=1S/C8H15F2NO/c1-7(9,10)5-8(11)3-2-4-12-6-8/h2-6,11H2,1H3. The van der Waals surface area contributed by atoms with Gasteiger partial charge in [0.05, 0.1) is 6.61 Å². The topological polar surface area (TPSA) is 35.2 Å². The third-order valence-electron chi connectivity index (χ3n) is 2.02. The Morgan fingerprint density at radius 2 is 2.25 bits per heavy atom. The lowest BCUT2D eigenvalue weighted by atomic mass is 9.88. The van der Waals surface area contributed by atoms with Crippen molar-refractivity contribution in [2.45, 2.75) is 37.6 Å². The molecule has 0 aromatic carbocycles. The molecular formula is C8H15F2NO. The van der Waals surface area contributed by atoms with Gasteiger partial charge in [0.25, 0.3) is 0 Å². The molecule has 0 spiro atoms. The van der Waals surface area contributed by atoms with Crippen molar-refractivity contribution >= 4 is 0 Å². The predicted molar refractivity (Wildman–Crippen MR) is 42.2 cm³/mol.